The molecule has 0 atom stereocenters. The predicted octanol–water partition coefficient (Wildman–Crippen LogP) is 7.99. The third kappa shape index (κ3) is 7.48. The van der Waals surface area contributed by atoms with E-state index in [0.717, 1.165) is 25.2 Å². The number of hydrogen-bond acceptors (Lipinski definition) is 1. The zero-order valence-corrected chi connectivity index (χ0v) is 17.9. The Labute approximate surface area is 167 Å². The van der Waals surface area contributed by atoms with Gasteiger partial charge in [0.15, 0.2) is 0 Å². The second kappa shape index (κ2) is 12.0. The fourth-order valence-electron chi connectivity index (χ4n) is 4.23. The summed E-state index contributed by atoms with van der Waals surface area (Å²) in [6.07, 6.45) is 15.8. The molecule has 1 aromatic rings. The van der Waals surface area contributed by atoms with E-state index >= 15 is 0 Å². The standard InChI is InChI=1S/C26H39N/c1-5-22(4)25(15-11-10-12-23-18-16-21(3)17-19-23)26(27-6-2)20-24-13-8-7-9-14-24/h6,16-19,24H,2,5,7-15,20H2,1,3-4H3/b25-22+,27-26?. The molecule has 27 heavy (non-hydrogen) atoms. The zero-order chi connectivity index (χ0) is 19.5. The van der Waals surface area contributed by atoms with Gasteiger partial charge < -0.3 is 0 Å². The fraction of sp³-hybridized carbons (Fsp3) is 0.577. The molecule has 0 spiro atoms. The van der Waals surface area contributed by atoms with Gasteiger partial charge in [0.1, 0.15) is 0 Å². The molecular formula is C26H39N. The van der Waals surface area contributed by atoms with E-state index in [1.807, 2.05) is 0 Å². The number of allylic oxidation sites excluding steroid dienone is 2. The van der Waals surface area contributed by atoms with Crippen molar-refractivity contribution in [2.75, 3.05) is 0 Å². The quantitative estimate of drug-likeness (QED) is 0.294. The SMILES string of the molecule is C=CN=C(CC1CCCCC1)/C(CCCCc1ccc(C)cc1)=C(\C)CC. The molecule has 0 aromatic heterocycles. The minimum atomic E-state index is 0.824. The summed E-state index contributed by atoms with van der Waals surface area (Å²) in [5.41, 5.74) is 7.16. The summed E-state index contributed by atoms with van der Waals surface area (Å²) in [6, 6.07) is 9.00. The first-order valence-corrected chi connectivity index (χ1v) is 11.1. The predicted molar refractivity (Wildman–Crippen MR) is 121 cm³/mol. The second-order valence-corrected chi connectivity index (χ2v) is 8.27. The minimum Gasteiger partial charge on any atom is -0.262 e. The van der Waals surface area contributed by atoms with Crippen molar-refractivity contribution in [3.05, 3.63) is 59.3 Å². The molecule has 1 nitrogen and oxygen atoms in total. The normalized spacial score (nSPS) is 16.9. The second-order valence-electron chi connectivity index (χ2n) is 8.27. The average Bonchev–Trinajstić information content (AvgIpc) is 2.69. The van der Waals surface area contributed by atoms with Gasteiger partial charge in [0.25, 0.3) is 0 Å². The van der Waals surface area contributed by atoms with Crippen molar-refractivity contribution in [2.45, 2.75) is 91.4 Å². The summed E-state index contributed by atoms with van der Waals surface area (Å²) < 4.78 is 0. The zero-order valence-electron chi connectivity index (χ0n) is 17.9. The monoisotopic (exact) mass is 365 g/mol. The lowest BCUT2D eigenvalue weighted by Crippen LogP contribution is -2.15. The van der Waals surface area contributed by atoms with Gasteiger partial charge in [-0.15, -0.1) is 0 Å². The lowest BCUT2D eigenvalue weighted by Gasteiger charge is -2.24. The molecule has 1 aromatic carbocycles. The number of hydrogen-bond donors (Lipinski definition) is 0. The van der Waals surface area contributed by atoms with E-state index in [1.54, 1.807) is 6.20 Å². The third-order valence-corrected chi connectivity index (χ3v) is 6.11. The Hall–Kier alpha value is -1.63. The van der Waals surface area contributed by atoms with Gasteiger partial charge in [0.05, 0.1) is 0 Å². The molecule has 0 N–H and O–H groups in total. The Morgan fingerprint density at radius 3 is 2.44 bits per heavy atom. The first-order valence-electron chi connectivity index (χ1n) is 11.1. The molecule has 0 heterocycles. The molecule has 0 aliphatic heterocycles. The molecular weight excluding hydrogens is 326 g/mol. The molecule has 0 saturated heterocycles. The lowest BCUT2D eigenvalue weighted by atomic mass is 9.82. The maximum Gasteiger partial charge on any atom is 0.0437 e. The fourth-order valence-corrected chi connectivity index (χ4v) is 4.23. The summed E-state index contributed by atoms with van der Waals surface area (Å²) in [5, 5.41) is 0. The molecule has 1 saturated carbocycles. The summed E-state index contributed by atoms with van der Waals surface area (Å²) in [7, 11) is 0. The van der Waals surface area contributed by atoms with E-state index in [4.69, 9.17) is 4.99 Å². The molecule has 0 unspecified atom stereocenters. The molecule has 1 heteroatoms. The van der Waals surface area contributed by atoms with Crippen molar-refractivity contribution >= 4 is 5.71 Å². The number of benzene rings is 1. The maximum absolute atomic E-state index is 4.76. The highest BCUT2D eigenvalue weighted by Gasteiger charge is 2.19. The molecule has 1 fully saturated rings. The van der Waals surface area contributed by atoms with Gasteiger partial charge in [-0.25, -0.2) is 0 Å². The van der Waals surface area contributed by atoms with Gasteiger partial charge in [-0.1, -0.05) is 81.0 Å². The number of aliphatic imine (C=N–C) groups is 1. The van der Waals surface area contributed by atoms with Gasteiger partial charge in [0, 0.05) is 11.9 Å². The smallest absolute Gasteiger partial charge is 0.0437 e. The summed E-state index contributed by atoms with van der Waals surface area (Å²) >= 11 is 0. The molecule has 0 amide bonds. The van der Waals surface area contributed by atoms with E-state index in [2.05, 4.69) is 51.6 Å². The topological polar surface area (TPSA) is 12.4 Å². The molecule has 1 aliphatic carbocycles. The van der Waals surface area contributed by atoms with Crippen molar-refractivity contribution in [3.8, 4) is 0 Å². The van der Waals surface area contributed by atoms with E-state index in [0.29, 0.717) is 0 Å². The Morgan fingerprint density at radius 1 is 1.11 bits per heavy atom. The molecule has 148 valence electrons. The van der Waals surface area contributed by atoms with E-state index in [1.165, 1.54) is 79.4 Å². The van der Waals surface area contributed by atoms with Crippen LogP contribution in [-0.2, 0) is 6.42 Å². The Balaban J connectivity index is 1.96. The van der Waals surface area contributed by atoms with Crippen LogP contribution < -0.4 is 0 Å². The van der Waals surface area contributed by atoms with Crippen LogP contribution in [0.25, 0.3) is 0 Å². The highest BCUT2D eigenvalue weighted by atomic mass is 14.7. The number of rotatable bonds is 10. The van der Waals surface area contributed by atoms with Crippen molar-refractivity contribution < 1.29 is 0 Å². The average molecular weight is 366 g/mol. The van der Waals surface area contributed by atoms with Gasteiger partial charge in [-0.3, -0.25) is 4.99 Å². The summed E-state index contributed by atoms with van der Waals surface area (Å²) in [5.74, 6) is 0.824. The van der Waals surface area contributed by atoms with Crippen LogP contribution in [-0.4, -0.2) is 5.71 Å². The Bertz CT molecular complexity index is 627. The first-order chi connectivity index (χ1) is 13.1. The van der Waals surface area contributed by atoms with Gasteiger partial charge in [0.2, 0.25) is 0 Å². The third-order valence-electron chi connectivity index (χ3n) is 6.11. The van der Waals surface area contributed by atoms with Crippen LogP contribution in [0.3, 0.4) is 0 Å². The van der Waals surface area contributed by atoms with Crippen molar-refractivity contribution in [2.24, 2.45) is 10.9 Å². The van der Waals surface area contributed by atoms with Crippen LogP contribution in [0.5, 0.6) is 0 Å². The van der Waals surface area contributed by atoms with E-state index in [9.17, 15) is 0 Å². The van der Waals surface area contributed by atoms with Crippen molar-refractivity contribution in [3.63, 3.8) is 0 Å². The largest absolute Gasteiger partial charge is 0.262 e. The van der Waals surface area contributed by atoms with Crippen LogP contribution in [0.2, 0.25) is 0 Å². The lowest BCUT2D eigenvalue weighted by molar-refractivity contribution is 0.368. The van der Waals surface area contributed by atoms with E-state index < -0.39 is 0 Å². The van der Waals surface area contributed by atoms with Crippen LogP contribution in [0.4, 0.5) is 0 Å². The molecule has 2 rings (SSSR count). The Kier molecular flexibility index (Phi) is 9.59. The Morgan fingerprint density at radius 2 is 1.81 bits per heavy atom. The van der Waals surface area contributed by atoms with Gasteiger partial charge in [-0.05, 0) is 69.4 Å². The van der Waals surface area contributed by atoms with Gasteiger partial charge in [-0.2, -0.15) is 0 Å². The van der Waals surface area contributed by atoms with Crippen LogP contribution in [0.1, 0.15) is 89.2 Å². The first kappa shape index (κ1) is 21.7. The number of nitrogens with zero attached hydrogens (tertiary/aromatic N) is 1. The van der Waals surface area contributed by atoms with Crippen LogP contribution in [0.15, 0.2) is 53.2 Å². The summed E-state index contributed by atoms with van der Waals surface area (Å²) in [6.45, 7) is 10.6. The van der Waals surface area contributed by atoms with Crippen molar-refractivity contribution in [1.29, 1.82) is 0 Å². The van der Waals surface area contributed by atoms with Crippen LogP contribution >= 0.6 is 0 Å². The minimum absolute atomic E-state index is 0.824. The molecule has 1 aliphatic rings. The summed E-state index contributed by atoms with van der Waals surface area (Å²) in [4.78, 5) is 4.76. The molecule has 0 bridgehead atoms. The highest BCUT2D eigenvalue weighted by Crippen LogP contribution is 2.30. The van der Waals surface area contributed by atoms with Crippen LogP contribution in [0, 0.1) is 12.8 Å². The van der Waals surface area contributed by atoms with Gasteiger partial charge >= 0.3 is 0 Å². The highest BCUT2D eigenvalue weighted by molar-refractivity contribution is 6.01. The van der Waals surface area contributed by atoms with E-state index in [-0.39, 0.29) is 0 Å². The molecule has 0 radical (unpaired) electrons. The maximum atomic E-state index is 4.76. The number of aryl methyl sites for hydroxylation is 2. The van der Waals surface area contributed by atoms with Crippen molar-refractivity contribution in [1.82, 2.24) is 0 Å². The number of unbranched alkanes of at least 4 members (excludes halogenated alkanes) is 1.